The minimum atomic E-state index is -0.183. The Morgan fingerprint density at radius 3 is 3.00 bits per heavy atom. The third kappa shape index (κ3) is 3.01. The zero-order chi connectivity index (χ0) is 10.5. The van der Waals surface area contributed by atoms with Crippen LogP contribution in [0.3, 0.4) is 0 Å². The molecule has 0 spiro atoms. The maximum Gasteiger partial charge on any atom is 0.128 e. The van der Waals surface area contributed by atoms with E-state index in [0.29, 0.717) is 24.8 Å². The van der Waals surface area contributed by atoms with Crippen LogP contribution in [0.2, 0.25) is 0 Å². The van der Waals surface area contributed by atoms with Crippen molar-refractivity contribution < 1.29 is 9.13 Å². The minimum absolute atomic E-state index is 0.183. The van der Waals surface area contributed by atoms with E-state index in [1.807, 2.05) is 6.07 Å². The van der Waals surface area contributed by atoms with Crippen LogP contribution in [-0.2, 0) is 11.3 Å². The van der Waals surface area contributed by atoms with Crippen LogP contribution in [0.5, 0.6) is 0 Å². The first-order chi connectivity index (χ1) is 7.36. The number of rotatable bonds is 4. The second kappa shape index (κ2) is 5.24. The van der Waals surface area contributed by atoms with Crippen molar-refractivity contribution in [3.8, 4) is 0 Å². The fourth-order valence-electron chi connectivity index (χ4n) is 1.83. The van der Waals surface area contributed by atoms with Crippen molar-refractivity contribution in [1.82, 2.24) is 5.32 Å². The normalized spacial score (nSPS) is 20.7. The monoisotopic (exact) mass is 209 g/mol. The minimum Gasteiger partial charge on any atom is -0.375 e. The fraction of sp³-hybridized carbons (Fsp3) is 0.500. The number of benzene rings is 1. The maximum absolute atomic E-state index is 13.2. The highest BCUT2D eigenvalue weighted by Crippen LogP contribution is 2.10. The lowest BCUT2D eigenvalue weighted by Gasteiger charge is -2.10. The van der Waals surface area contributed by atoms with Crippen molar-refractivity contribution in [2.24, 2.45) is 0 Å². The number of ether oxygens (including phenoxy) is 1. The SMILES string of the molecule is Fc1ccccc1COC[C@@H]1CCCN1. The van der Waals surface area contributed by atoms with Crippen molar-refractivity contribution in [1.29, 1.82) is 0 Å². The molecule has 1 aromatic carbocycles. The van der Waals surface area contributed by atoms with Gasteiger partial charge in [-0.25, -0.2) is 4.39 Å². The van der Waals surface area contributed by atoms with E-state index in [2.05, 4.69) is 5.32 Å². The first-order valence-electron chi connectivity index (χ1n) is 5.41. The van der Waals surface area contributed by atoms with Crippen molar-refractivity contribution in [2.75, 3.05) is 13.2 Å². The van der Waals surface area contributed by atoms with Crippen LogP contribution in [0.25, 0.3) is 0 Å². The molecule has 1 aliphatic rings. The summed E-state index contributed by atoms with van der Waals surface area (Å²) in [5.41, 5.74) is 0.635. The second-order valence-corrected chi connectivity index (χ2v) is 3.90. The molecule has 3 heteroatoms. The summed E-state index contributed by atoms with van der Waals surface area (Å²) in [7, 11) is 0. The van der Waals surface area contributed by atoms with Crippen LogP contribution in [-0.4, -0.2) is 19.2 Å². The van der Waals surface area contributed by atoms with E-state index in [4.69, 9.17) is 4.74 Å². The molecule has 1 N–H and O–H groups in total. The Morgan fingerprint density at radius 1 is 1.40 bits per heavy atom. The van der Waals surface area contributed by atoms with Gasteiger partial charge in [-0.1, -0.05) is 18.2 Å². The summed E-state index contributed by atoms with van der Waals surface area (Å²) >= 11 is 0. The molecular weight excluding hydrogens is 193 g/mol. The van der Waals surface area contributed by atoms with Crippen molar-refractivity contribution in [2.45, 2.75) is 25.5 Å². The first-order valence-corrected chi connectivity index (χ1v) is 5.41. The van der Waals surface area contributed by atoms with E-state index >= 15 is 0 Å². The summed E-state index contributed by atoms with van der Waals surface area (Å²) in [6.45, 7) is 2.12. The zero-order valence-corrected chi connectivity index (χ0v) is 8.71. The molecule has 0 unspecified atom stereocenters. The average molecular weight is 209 g/mol. The van der Waals surface area contributed by atoms with E-state index in [1.165, 1.54) is 12.5 Å². The summed E-state index contributed by atoms with van der Waals surface area (Å²) in [5, 5.41) is 3.34. The number of nitrogens with one attached hydrogen (secondary N) is 1. The number of hydrogen-bond acceptors (Lipinski definition) is 2. The van der Waals surface area contributed by atoms with Crippen molar-refractivity contribution in [3.63, 3.8) is 0 Å². The highest BCUT2D eigenvalue weighted by Gasteiger charge is 2.13. The predicted molar refractivity (Wildman–Crippen MR) is 57.1 cm³/mol. The molecule has 0 aromatic heterocycles. The maximum atomic E-state index is 13.2. The quantitative estimate of drug-likeness (QED) is 0.820. The topological polar surface area (TPSA) is 21.3 Å². The third-order valence-corrected chi connectivity index (χ3v) is 2.70. The summed E-state index contributed by atoms with van der Waals surface area (Å²) in [5.74, 6) is -0.183. The summed E-state index contributed by atoms with van der Waals surface area (Å²) in [6, 6.07) is 7.20. The highest BCUT2D eigenvalue weighted by molar-refractivity contribution is 5.16. The largest absolute Gasteiger partial charge is 0.375 e. The standard InChI is InChI=1S/C12H16FNO/c13-12-6-2-1-4-10(12)8-15-9-11-5-3-7-14-11/h1-2,4,6,11,14H,3,5,7-9H2/t11-/m0/s1. The lowest BCUT2D eigenvalue weighted by atomic mass is 10.2. The molecule has 1 aliphatic heterocycles. The Bertz CT molecular complexity index is 310. The van der Waals surface area contributed by atoms with E-state index in [0.717, 1.165) is 13.0 Å². The Balaban J connectivity index is 1.75. The molecule has 0 amide bonds. The van der Waals surface area contributed by atoms with Crippen LogP contribution in [0.4, 0.5) is 4.39 Å². The molecule has 0 radical (unpaired) electrons. The van der Waals surface area contributed by atoms with Gasteiger partial charge in [0, 0.05) is 11.6 Å². The molecule has 82 valence electrons. The molecule has 1 saturated heterocycles. The van der Waals surface area contributed by atoms with E-state index in [-0.39, 0.29) is 5.82 Å². The van der Waals surface area contributed by atoms with Gasteiger partial charge in [0.15, 0.2) is 0 Å². The summed E-state index contributed by atoms with van der Waals surface area (Å²) < 4.78 is 18.7. The Kier molecular flexibility index (Phi) is 3.69. The lowest BCUT2D eigenvalue weighted by molar-refractivity contribution is 0.101. The smallest absolute Gasteiger partial charge is 0.128 e. The molecule has 2 nitrogen and oxygen atoms in total. The molecule has 1 heterocycles. The van der Waals surface area contributed by atoms with Gasteiger partial charge < -0.3 is 10.1 Å². The Hall–Kier alpha value is -0.930. The summed E-state index contributed by atoms with van der Waals surface area (Å²) in [6.07, 6.45) is 2.38. The number of hydrogen-bond donors (Lipinski definition) is 1. The molecule has 1 aromatic rings. The average Bonchev–Trinajstić information content (AvgIpc) is 2.74. The van der Waals surface area contributed by atoms with Crippen LogP contribution < -0.4 is 5.32 Å². The van der Waals surface area contributed by atoms with Gasteiger partial charge >= 0.3 is 0 Å². The first kappa shape index (κ1) is 10.6. The summed E-state index contributed by atoms with van der Waals surface area (Å²) in [4.78, 5) is 0. The zero-order valence-electron chi connectivity index (χ0n) is 8.71. The lowest BCUT2D eigenvalue weighted by Crippen LogP contribution is -2.26. The van der Waals surface area contributed by atoms with Crippen LogP contribution in [0.15, 0.2) is 24.3 Å². The van der Waals surface area contributed by atoms with E-state index in [9.17, 15) is 4.39 Å². The van der Waals surface area contributed by atoms with E-state index < -0.39 is 0 Å². The molecule has 0 aliphatic carbocycles. The second-order valence-electron chi connectivity index (χ2n) is 3.90. The van der Waals surface area contributed by atoms with Gasteiger partial charge in [-0.2, -0.15) is 0 Å². The third-order valence-electron chi connectivity index (χ3n) is 2.70. The molecule has 1 fully saturated rings. The van der Waals surface area contributed by atoms with Gasteiger partial charge in [0.25, 0.3) is 0 Å². The molecule has 2 rings (SSSR count). The molecule has 1 atom stereocenters. The van der Waals surface area contributed by atoms with Gasteiger partial charge in [0.2, 0.25) is 0 Å². The Morgan fingerprint density at radius 2 is 2.27 bits per heavy atom. The van der Waals surface area contributed by atoms with Crippen LogP contribution in [0, 0.1) is 5.82 Å². The molecule has 15 heavy (non-hydrogen) atoms. The van der Waals surface area contributed by atoms with Gasteiger partial charge in [-0.05, 0) is 25.5 Å². The molecular formula is C12H16FNO. The van der Waals surface area contributed by atoms with Gasteiger partial charge in [-0.3, -0.25) is 0 Å². The van der Waals surface area contributed by atoms with Crippen LogP contribution >= 0.6 is 0 Å². The highest BCUT2D eigenvalue weighted by atomic mass is 19.1. The van der Waals surface area contributed by atoms with Crippen LogP contribution in [0.1, 0.15) is 18.4 Å². The fourth-order valence-corrected chi connectivity index (χ4v) is 1.83. The van der Waals surface area contributed by atoms with E-state index in [1.54, 1.807) is 12.1 Å². The Labute approximate surface area is 89.4 Å². The van der Waals surface area contributed by atoms with Gasteiger partial charge in [0.1, 0.15) is 5.82 Å². The van der Waals surface area contributed by atoms with Gasteiger partial charge in [-0.15, -0.1) is 0 Å². The molecule has 0 saturated carbocycles. The predicted octanol–water partition coefficient (Wildman–Crippen LogP) is 2.09. The van der Waals surface area contributed by atoms with Crippen molar-refractivity contribution in [3.05, 3.63) is 35.6 Å². The number of halogens is 1. The van der Waals surface area contributed by atoms with Crippen molar-refractivity contribution >= 4 is 0 Å². The van der Waals surface area contributed by atoms with Gasteiger partial charge in [0.05, 0.1) is 13.2 Å². The molecule has 0 bridgehead atoms.